The quantitative estimate of drug-likeness (QED) is 0.623. The van der Waals surface area contributed by atoms with Crippen molar-refractivity contribution in [2.24, 2.45) is 5.92 Å². The van der Waals surface area contributed by atoms with E-state index in [0.717, 1.165) is 12.1 Å². The Kier molecular flexibility index (Phi) is 7.19. The fraction of sp³-hybridized carbons (Fsp3) is 0.458. The van der Waals surface area contributed by atoms with Gasteiger partial charge in [-0.2, -0.15) is 0 Å². The van der Waals surface area contributed by atoms with Gasteiger partial charge in [0.2, 0.25) is 11.9 Å². The summed E-state index contributed by atoms with van der Waals surface area (Å²) in [6.45, 7) is 11.0. The third kappa shape index (κ3) is 5.77. The number of anilines is 1. The van der Waals surface area contributed by atoms with Crippen LogP contribution in [0.4, 0.5) is 19.5 Å². The molecule has 2 amide bonds. The zero-order valence-corrected chi connectivity index (χ0v) is 19.3. The Hall–Kier alpha value is -3.23. The summed E-state index contributed by atoms with van der Waals surface area (Å²) in [5.41, 5.74) is -0.550. The number of rotatable bonds is 6. The number of hydrogen-bond acceptors (Lipinski definition) is 4. The highest BCUT2D eigenvalue weighted by atomic mass is 19.1. The van der Waals surface area contributed by atoms with Gasteiger partial charge >= 0.3 is 6.09 Å². The van der Waals surface area contributed by atoms with Crippen molar-refractivity contribution < 1.29 is 23.1 Å². The van der Waals surface area contributed by atoms with Crippen molar-refractivity contribution in [3.63, 3.8) is 0 Å². The van der Waals surface area contributed by atoms with Crippen LogP contribution in [-0.4, -0.2) is 45.1 Å². The minimum Gasteiger partial charge on any atom is -0.444 e. The number of carbonyl (C=O) groups excluding carboxylic acids is 2. The van der Waals surface area contributed by atoms with Gasteiger partial charge in [0.15, 0.2) is 0 Å². The van der Waals surface area contributed by atoms with Gasteiger partial charge in [-0.05, 0) is 45.7 Å². The summed E-state index contributed by atoms with van der Waals surface area (Å²) in [5.74, 6) is -2.98. The number of nitrogens with zero attached hydrogens (tertiary/aromatic N) is 3. The van der Waals surface area contributed by atoms with Crippen molar-refractivity contribution in [2.45, 2.75) is 51.7 Å². The van der Waals surface area contributed by atoms with Gasteiger partial charge in [0.05, 0.1) is 5.92 Å². The van der Waals surface area contributed by atoms with E-state index in [2.05, 4.69) is 16.9 Å². The lowest BCUT2D eigenvalue weighted by Crippen LogP contribution is -2.36. The van der Waals surface area contributed by atoms with Crippen LogP contribution < -0.4 is 5.32 Å². The molecule has 9 heteroatoms. The zero-order valence-electron chi connectivity index (χ0n) is 19.3. The van der Waals surface area contributed by atoms with Crippen molar-refractivity contribution in [1.82, 2.24) is 14.5 Å². The van der Waals surface area contributed by atoms with Crippen LogP contribution in [0.5, 0.6) is 0 Å². The molecule has 1 saturated heterocycles. The summed E-state index contributed by atoms with van der Waals surface area (Å²) in [7, 11) is 0. The number of nitrogens with one attached hydrogen (secondary N) is 1. The Labute approximate surface area is 192 Å². The highest BCUT2D eigenvalue weighted by molar-refractivity contribution is 5.92. The predicted molar refractivity (Wildman–Crippen MR) is 121 cm³/mol. The van der Waals surface area contributed by atoms with E-state index in [4.69, 9.17) is 4.74 Å². The van der Waals surface area contributed by atoms with Crippen molar-refractivity contribution in [3.8, 4) is 0 Å². The summed E-state index contributed by atoms with van der Waals surface area (Å²) in [6.07, 6.45) is 5.19. The zero-order chi connectivity index (χ0) is 24.3. The molecule has 33 heavy (non-hydrogen) atoms. The molecule has 0 bridgehead atoms. The number of amides is 2. The van der Waals surface area contributed by atoms with E-state index in [1.54, 1.807) is 39.2 Å². The van der Waals surface area contributed by atoms with Crippen LogP contribution in [0.3, 0.4) is 0 Å². The lowest BCUT2D eigenvalue weighted by atomic mass is 9.88. The molecule has 0 aliphatic carbocycles. The number of hydrogen-bond donors (Lipinski definition) is 1. The number of carbonyl (C=O) groups is 2. The van der Waals surface area contributed by atoms with Crippen LogP contribution in [-0.2, 0) is 9.53 Å². The van der Waals surface area contributed by atoms with E-state index in [0.29, 0.717) is 12.4 Å². The molecule has 3 rings (SSSR count). The van der Waals surface area contributed by atoms with Crippen LogP contribution >= 0.6 is 0 Å². The van der Waals surface area contributed by atoms with Crippen LogP contribution in [0.2, 0.25) is 0 Å². The lowest BCUT2D eigenvalue weighted by Gasteiger charge is -2.24. The molecule has 178 valence electrons. The maximum Gasteiger partial charge on any atom is 0.410 e. The number of halogens is 2. The topological polar surface area (TPSA) is 76.5 Å². The van der Waals surface area contributed by atoms with E-state index in [9.17, 15) is 18.4 Å². The van der Waals surface area contributed by atoms with Crippen LogP contribution in [0, 0.1) is 17.6 Å². The Morgan fingerprint density at radius 2 is 2.06 bits per heavy atom. The second-order valence-electron chi connectivity index (χ2n) is 9.28. The second-order valence-corrected chi connectivity index (χ2v) is 9.28. The van der Waals surface area contributed by atoms with Gasteiger partial charge in [0, 0.05) is 43.5 Å². The Morgan fingerprint density at radius 1 is 1.33 bits per heavy atom. The highest BCUT2D eigenvalue weighted by Gasteiger charge is 2.43. The number of allylic oxidation sites excluding steroid dienone is 1. The highest BCUT2D eigenvalue weighted by Crippen LogP contribution is 2.36. The molecular formula is C24H30F2N4O3. The molecule has 7 nitrogen and oxygen atoms in total. The summed E-state index contributed by atoms with van der Waals surface area (Å²) in [4.78, 5) is 31.6. The van der Waals surface area contributed by atoms with E-state index in [-0.39, 0.29) is 24.7 Å². The number of ether oxygens (including phenoxy) is 1. The van der Waals surface area contributed by atoms with Crippen LogP contribution in [0.25, 0.3) is 0 Å². The first-order valence-electron chi connectivity index (χ1n) is 10.9. The number of likely N-dealkylation sites (tertiary alicyclic amines) is 1. The monoisotopic (exact) mass is 460 g/mol. The van der Waals surface area contributed by atoms with Gasteiger partial charge in [-0.3, -0.25) is 10.1 Å². The normalized spacial score (nSPS) is 19.3. The Bertz CT molecular complexity index is 1030. The number of imidazole rings is 1. The first kappa shape index (κ1) is 24.4. The van der Waals surface area contributed by atoms with E-state index >= 15 is 0 Å². The number of benzene rings is 1. The molecule has 0 spiro atoms. The summed E-state index contributed by atoms with van der Waals surface area (Å²) in [5, 5.41) is 2.81. The largest absolute Gasteiger partial charge is 0.444 e. The summed E-state index contributed by atoms with van der Waals surface area (Å²) < 4.78 is 35.4. The molecule has 0 saturated carbocycles. The average Bonchev–Trinajstić information content (AvgIpc) is 3.34. The SMILES string of the molecule is C=CCC(C)n1ccnc1NC(=O)[C@@H]1CN(C(=O)OC(C)(C)C)C[C@H]1c1ccc(F)cc1F. The lowest BCUT2D eigenvalue weighted by molar-refractivity contribution is -0.119. The van der Waals surface area contributed by atoms with Gasteiger partial charge < -0.3 is 14.2 Å². The van der Waals surface area contributed by atoms with Crippen molar-refractivity contribution in [2.75, 3.05) is 18.4 Å². The van der Waals surface area contributed by atoms with E-state index in [1.807, 2.05) is 11.5 Å². The fourth-order valence-electron chi connectivity index (χ4n) is 3.99. The fourth-order valence-corrected chi connectivity index (χ4v) is 3.99. The first-order chi connectivity index (χ1) is 15.5. The second kappa shape index (κ2) is 9.72. The van der Waals surface area contributed by atoms with Gasteiger partial charge in [0.1, 0.15) is 17.2 Å². The standard InChI is InChI=1S/C24H30F2N4O3/c1-6-7-15(2)30-11-10-27-22(30)28-21(31)19-14-29(23(32)33-24(3,4)5)13-18(19)17-9-8-16(25)12-20(17)26/h6,8-12,15,18-19H,1,7,13-14H2,2-5H3,(H,27,28,31)/t15?,18-,19+/m0/s1. The Balaban J connectivity index is 1.87. The van der Waals surface area contributed by atoms with Crippen LogP contribution in [0.1, 0.15) is 51.6 Å². The van der Waals surface area contributed by atoms with Crippen molar-refractivity contribution >= 4 is 17.9 Å². The van der Waals surface area contributed by atoms with E-state index < -0.39 is 41.1 Å². The van der Waals surface area contributed by atoms with Gasteiger partial charge in [0.25, 0.3) is 0 Å². The molecule has 1 aliphatic heterocycles. The summed E-state index contributed by atoms with van der Waals surface area (Å²) >= 11 is 0. The molecule has 0 radical (unpaired) electrons. The van der Waals surface area contributed by atoms with Crippen molar-refractivity contribution in [3.05, 3.63) is 60.4 Å². The maximum absolute atomic E-state index is 14.6. The minimum atomic E-state index is -0.780. The molecule has 1 aliphatic rings. The average molecular weight is 461 g/mol. The third-order valence-electron chi connectivity index (χ3n) is 5.56. The molecular weight excluding hydrogens is 430 g/mol. The molecule has 2 aromatic rings. The molecule has 1 fully saturated rings. The maximum atomic E-state index is 14.6. The van der Waals surface area contributed by atoms with Gasteiger partial charge in [-0.25, -0.2) is 18.6 Å². The number of aromatic nitrogens is 2. The molecule has 3 atom stereocenters. The summed E-state index contributed by atoms with van der Waals surface area (Å²) in [6, 6.07) is 3.27. The van der Waals surface area contributed by atoms with E-state index in [1.165, 1.54) is 11.0 Å². The first-order valence-corrected chi connectivity index (χ1v) is 10.9. The predicted octanol–water partition coefficient (Wildman–Crippen LogP) is 4.89. The minimum absolute atomic E-state index is 0.0208. The molecule has 2 heterocycles. The third-order valence-corrected chi connectivity index (χ3v) is 5.56. The molecule has 1 aromatic heterocycles. The van der Waals surface area contributed by atoms with Crippen LogP contribution in [0.15, 0.2) is 43.2 Å². The van der Waals surface area contributed by atoms with Crippen molar-refractivity contribution in [1.29, 1.82) is 0 Å². The molecule has 1 aromatic carbocycles. The van der Waals surface area contributed by atoms with Gasteiger partial charge in [-0.15, -0.1) is 6.58 Å². The Morgan fingerprint density at radius 3 is 2.70 bits per heavy atom. The molecule has 1 N–H and O–H groups in total. The smallest absolute Gasteiger partial charge is 0.410 e. The van der Waals surface area contributed by atoms with Gasteiger partial charge in [-0.1, -0.05) is 12.1 Å². The molecule has 1 unspecified atom stereocenters.